The maximum atomic E-state index is 3.85. The molecule has 0 atom stereocenters. The summed E-state index contributed by atoms with van der Waals surface area (Å²) in [5.41, 5.74) is 0.0753. The van der Waals surface area contributed by atoms with E-state index in [1.54, 1.807) is 4.68 Å². The molecule has 0 saturated carbocycles. The minimum absolute atomic E-state index is 0.0753. The number of aryl methyl sites for hydroxylation is 1. The first-order valence-electron chi connectivity index (χ1n) is 4.57. The lowest BCUT2D eigenvalue weighted by atomic mass is 10.1. The Bertz CT molecular complexity index is 290. The van der Waals surface area contributed by atoms with Gasteiger partial charge in [-0.3, -0.25) is 0 Å². The molecule has 1 aromatic heterocycles. The van der Waals surface area contributed by atoms with Crippen LogP contribution in [0.4, 0.5) is 5.95 Å². The summed E-state index contributed by atoms with van der Waals surface area (Å²) in [6, 6.07) is 0. The fraction of sp³-hybridized carbons (Fsp3) is 0.875. The maximum Gasteiger partial charge on any atom is 0.242 e. The van der Waals surface area contributed by atoms with Crippen molar-refractivity contribution in [2.45, 2.75) is 19.4 Å². The number of nitrogens with one attached hydrogen (secondary N) is 1. The smallest absolute Gasteiger partial charge is 0.242 e. The van der Waals surface area contributed by atoms with Crippen molar-refractivity contribution in [3.63, 3.8) is 0 Å². The van der Waals surface area contributed by atoms with Gasteiger partial charge >= 0.3 is 0 Å². The van der Waals surface area contributed by atoms with Gasteiger partial charge in [0.15, 0.2) is 0 Å². The van der Waals surface area contributed by atoms with Crippen LogP contribution in [0.25, 0.3) is 0 Å². The van der Waals surface area contributed by atoms with Crippen molar-refractivity contribution in [2.75, 3.05) is 26.0 Å². The molecule has 6 nitrogen and oxygen atoms in total. The number of nitrogens with zero attached hydrogens (tertiary/aromatic N) is 5. The van der Waals surface area contributed by atoms with Gasteiger partial charge in [-0.2, -0.15) is 0 Å². The molecule has 0 spiro atoms. The number of aromatic nitrogens is 4. The molecule has 0 aliphatic heterocycles. The second-order valence-corrected chi connectivity index (χ2v) is 4.19. The molecular weight excluding hydrogens is 180 g/mol. The van der Waals surface area contributed by atoms with E-state index in [0.717, 1.165) is 6.54 Å². The first kappa shape index (κ1) is 10.9. The Morgan fingerprint density at radius 2 is 2.07 bits per heavy atom. The minimum Gasteiger partial charge on any atom is -0.351 e. The zero-order chi connectivity index (χ0) is 10.8. The van der Waals surface area contributed by atoms with Crippen LogP contribution < -0.4 is 5.32 Å². The molecule has 1 aromatic rings. The summed E-state index contributed by atoms with van der Waals surface area (Å²) in [5.74, 6) is 0.694. The van der Waals surface area contributed by atoms with Gasteiger partial charge in [0.25, 0.3) is 0 Å². The third kappa shape index (κ3) is 2.41. The topological polar surface area (TPSA) is 58.9 Å². The minimum atomic E-state index is 0.0753. The number of hydrogen-bond donors (Lipinski definition) is 1. The third-order valence-electron chi connectivity index (χ3n) is 2.51. The predicted octanol–water partition coefficient (Wildman–Crippen LogP) is -0.0378. The van der Waals surface area contributed by atoms with Gasteiger partial charge in [0.1, 0.15) is 0 Å². The molecule has 0 aliphatic carbocycles. The van der Waals surface area contributed by atoms with Crippen LogP contribution in [0.2, 0.25) is 0 Å². The van der Waals surface area contributed by atoms with Crippen LogP contribution in [-0.4, -0.2) is 51.3 Å². The summed E-state index contributed by atoms with van der Waals surface area (Å²) in [4.78, 5) is 2.16. The van der Waals surface area contributed by atoms with Crippen molar-refractivity contribution in [1.29, 1.82) is 0 Å². The molecule has 0 aromatic carbocycles. The van der Waals surface area contributed by atoms with E-state index in [-0.39, 0.29) is 5.54 Å². The van der Waals surface area contributed by atoms with E-state index in [1.165, 1.54) is 0 Å². The van der Waals surface area contributed by atoms with Crippen LogP contribution in [0.3, 0.4) is 0 Å². The lowest BCUT2D eigenvalue weighted by Gasteiger charge is -2.32. The Morgan fingerprint density at radius 1 is 1.43 bits per heavy atom. The SMILES string of the molecule is CN(C)C(C)(C)CNc1nnnn1C. The summed E-state index contributed by atoms with van der Waals surface area (Å²) in [7, 11) is 5.91. The summed E-state index contributed by atoms with van der Waals surface area (Å²) < 4.78 is 1.62. The molecule has 6 heteroatoms. The first-order valence-corrected chi connectivity index (χ1v) is 4.57. The van der Waals surface area contributed by atoms with E-state index in [0.29, 0.717) is 5.95 Å². The molecular formula is C8H18N6. The van der Waals surface area contributed by atoms with Gasteiger partial charge in [0.05, 0.1) is 0 Å². The number of tetrazole rings is 1. The molecule has 0 fully saturated rings. The summed E-state index contributed by atoms with van der Waals surface area (Å²) >= 11 is 0. The molecule has 0 unspecified atom stereocenters. The van der Waals surface area contributed by atoms with Crippen LogP contribution in [0, 0.1) is 0 Å². The van der Waals surface area contributed by atoms with E-state index < -0.39 is 0 Å². The molecule has 0 aliphatic rings. The van der Waals surface area contributed by atoms with E-state index >= 15 is 0 Å². The van der Waals surface area contributed by atoms with Crippen LogP contribution >= 0.6 is 0 Å². The maximum absolute atomic E-state index is 3.85. The molecule has 1 N–H and O–H groups in total. The zero-order valence-electron chi connectivity index (χ0n) is 9.44. The Kier molecular flexibility index (Phi) is 3.05. The first-order chi connectivity index (χ1) is 6.43. The van der Waals surface area contributed by atoms with Crippen molar-refractivity contribution in [3.8, 4) is 0 Å². The molecule has 0 amide bonds. The average Bonchev–Trinajstić information content (AvgIpc) is 2.47. The van der Waals surface area contributed by atoms with Crippen LogP contribution in [0.1, 0.15) is 13.8 Å². The van der Waals surface area contributed by atoms with Crippen molar-refractivity contribution < 1.29 is 0 Å². The number of rotatable bonds is 4. The van der Waals surface area contributed by atoms with Gasteiger partial charge in [0.2, 0.25) is 5.95 Å². The summed E-state index contributed by atoms with van der Waals surface area (Å²) in [6.45, 7) is 5.11. The van der Waals surface area contributed by atoms with Crippen LogP contribution in [-0.2, 0) is 7.05 Å². The van der Waals surface area contributed by atoms with Crippen molar-refractivity contribution >= 4 is 5.95 Å². The number of hydrogen-bond acceptors (Lipinski definition) is 5. The molecule has 80 valence electrons. The summed E-state index contributed by atoms with van der Waals surface area (Å²) in [6.07, 6.45) is 0. The van der Waals surface area contributed by atoms with Gasteiger partial charge < -0.3 is 10.2 Å². The fourth-order valence-electron chi connectivity index (χ4n) is 0.833. The molecule has 0 saturated heterocycles. The Labute approximate surface area is 84.3 Å². The monoisotopic (exact) mass is 198 g/mol. The van der Waals surface area contributed by atoms with Gasteiger partial charge in [-0.15, -0.1) is 0 Å². The largest absolute Gasteiger partial charge is 0.351 e. The van der Waals surface area contributed by atoms with Gasteiger partial charge in [-0.1, -0.05) is 5.10 Å². The van der Waals surface area contributed by atoms with Crippen molar-refractivity contribution in [3.05, 3.63) is 0 Å². The summed E-state index contributed by atoms with van der Waals surface area (Å²) in [5, 5.41) is 14.3. The van der Waals surface area contributed by atoms with Gasteiger partial charge in [-0.05, 0) is 38.4 Å². The van der Waals surface area contributed by atoms with E-state index in [1.807, 2.05) is 7.05 Å². The zero-order valence-corrected chi connectivity index (χ0v) is 9.44. The predicted molar refractivity (Wildman–Crippen MR) is 55.1 cm³/mol. The van der Waals surface area contributed by atoms with Gasteiger partial charge in [0, 0.05) is 19.1 Å². The lowest BCUT2D eigenvalue weighted by molar-refractivity contribution is 0.209. The molecule has 14 heavy (non-hydrogen) atoms. The standard InChI is InChI=1S/C8H18N6/c1-8(2,13(3)4)6-9-7-10-11-12-14(7)5/h6H2,1-5H3,(H,9,10,12). The molecule has 1 rings (SSSR count). The molecule has 0 radical (unpaired) electrons. The van der Waals surface area contributed by atoms with Crippen molar-refractivity contribution in [1.82, 2.24) is 25.1 Å². The quantitative estimate of drug-likeness (QED) is 0.735. The molecule has 1 heterocycles. The highest BCUT2D eigenvalue weighted by molar-refractivity contribution is 5.22. The van der Waals surface area contributed by atoms with Gasteiger partial charge in [-0.25, -0.2) is 4.68 Å². The second kappa shape index (κ2) is 3.91. The fourth-order valence-corrected chi connectivity index (χ4v) is 0.833. The Morgan fingerprint density at radius 3 is 2.50 bits per heavy atom. The van der Waals surface area contributed by atoms with E-state index in [9.17, 15) is 0 Å². The Hall–Kier alpha value is -1.17. The van der Waals surface area contributed by atoms with E-state index in [4.69, 9.17) is 0 Å². The van der Waals surface area contributed by atoms with E-state index in [2.05, 4.69) is 53.7 Å². The second-order valence-electron chi connectivity index (χ2n) is 4.19. The highest BCUT2D eigenvalue weighted by Gasteiger charge is 2.20. The third-order valence-corrected chi connectivity index (χ3v) is 2.51. The lowest BCUT2D eigenvalue weighted by Crippen LogP contribution is -2.44. The van der Waals surface area contributed by atoms with Crippen LogP contribution in [0.15, 0.2) is 0 Å². The number of likely N-dealkylation sites (N-methyl/N-ethyl adjacent to an activating group) is 1. The highest BCUT2D eigenvalue weighted by atomic mass is 15.6. The van der Waals surface area contributed by atoms with Crippen molar-refractivity contribution in [2.24, 2.45) is 7.05 Å². The molecule has 0 bridgehead atoms. The number of anilines is 1. The highest BCUT2D eigenvalue weighted by Crippen LogP contribution is 2.10. The average molecular weight is 198 g/mol. The van der Waals surface area contributed by atoms with Crippen LogP contribution in [0.5, 0.6) is 0 Å². The normalized spacial score (nSPS) is 12.1. The Balaban J connectivity index is 2.53.